The first-order valence-electron chi connectivity index (χ1n) is 8.19. The van der Waals surface area contributed by atoms with Gasteiger partial charge in [0.1, 0.15) is 11.9 Å². The molecule has 4 fully saturated rings. The number of hydrogen-bond acceptors (Lipinski definition) is 2. The van der Waals surface area contributed by atoms with Gasteiger partial charge in [0.2, 0.25) is 5.91 Å². The third-order valence-corrected chi connectivity index (χ3v) is 6.44. The lowest BCUT2D eigenvalue weighted by atomic mass is 9.34. The first kappa shape index (κ1) is 18.3. The SMILES string of the molecule is O=C(N1CCOC(c2cc(F)c(Cl)cc2Cl)C1)C12CC(C(F)(F)F)(C1)C2. The number of benzene rings is 1. The van der Waals surface area contributed by atoms with Crippen LogP contribution in [0.1, 0.15) is 30.9 Å². The van der Waals surface area contributed by atoms with Gasteiger partial charge in [-0.3, -0.25) is 4.79 Å². The quantitative estimate of drug-likeness (QED) is 0.518. The molecular formula is C17H15Cl2F4NO2. The summed E-state index contributed by atoms with van der Waals surface area (Å²) >= 11 is 11.8. The maximum Gasteiger partial charge on any atom is 0.394 e. The van der Waals surface area contributed by atoms with Crippen molar-refractivity contribution in [1.82, 2.24) is 4.90 Å². The smallest absolute Gasteiger partial charge is 0.370 e. The molecule has 5 rings (SSSR count). The molecule has 142 valence electrons. The Hall–Kier alpha value is -1.05. The first-order valence-corrected chi connectivity index (χ1v) is 8.95. The minimum atomic E-state index is -4.25. The summed E-state index contributed by atoms with van der Waals surface area (Å²) in [6, 6.07) is 2.44. The maximum atomic E-state index is 13.8. The first-order chi connectivity index (χ1) is 12.1. The van der Waals surface area contributed by atoms with Crippen molar-refractivity contribution >= 4 is 29.1 Å². The molecule has 26 heavy (non-hydrogen) atoms. The summed E-state index contributed by atoms with van der Waals surface area (Å²) in [6.07, 6.45) is -5.31. The van der Waals surface area contributed by atoms with Gasteiger partial charge in [0.25, 0.3) is 0 Å². The Morgan fingerprint density at radius 1 is 1.19 bits per heavy atom. The average molecular weight is 412 g/mol. The van der Waals surface area contributed by atoms with Gasteiger partial charge >= 0.3 is 6.18 Å². The van der Waals surface area contributed by atoms with E-state index in [9.17, 15) is 22.4 Å². The van der Waals surface area contributed by atoms with Crippen molar-refractivity contribution in [2.75, 3.05) is 19.7 Å². The van der Waals surface area contributed by atoms with Gasteiger partial charge in [-0.1, -0.05) is 23.2 Å². The summed E-state index contributed by atoms with van der Waals surface area (Å²) in [5.41, 5.74) is -2.20. The van der Waals surface area contributed by atoms with E-state index in [2.05, 4.69) is 0 Å². The van der Waals surface area contributed by atoms with E-state index in [1.807, 2.05) is 0 Å². The molecule has 1 aliphatic heterocycles. The summed E-state index contributed by atoms with van der Waals surface area (Å²) in [6.45, 7) is 0.627. The highest BCUT2D eigenvalue weighted by Crippen LogP contribution is 2.78. The van der Waals surface area contributed by atoms with Crippen LogP contribution in [0.15, 0.2) is 12.1 Å². The van der Waals surface area contributed by atoms with Crippen LogP contribution in [0.5, 0.6) is 0 Å². The normalized spacial score (nSPS) is 33.5. The van der Waals surface area contributed by atoms with Crippen LogP contribution >= 0.6 is 23.2 Å². The summed E-state index contributed by atoms with van der Waals surface area (Å²) in [5.74, 6) is -0.924. The van der Waals surface area contributed by atoms with Crippen molar-refractivity contribution in [2.45, 2.75) is 31.5 Å². The minimum absolute atomic E-state index is 0.117. The number of alkyl halides is 3. The lowest BCUT2D eigenvalue weighted by molar-refractivity contribution is -0.353. The highest BCUT2D eigenvalue weighted by atomic mass is 35.5. The van der Waals surface area contributed by atoms with Gasteiger partial charge in [0, 0.05) is 17.1 Å². The predicted molar refractivity (Wildman–Crippen MR) is 86.5 cm³/mol. The zero-order chi connectivity index (χ0) is 18.9. The molecule has 2 bridgehead atoms. The Morgan fingerprint density at radius 3 is 2.46 bits per heavy atom. The molecule has 1 aromatic rings. The molecular weight excluding hydrogens is 397 g/mol. The topological polar surface area (TPSA) is 29.5 Å². The van der Waals surface area contributed by atoms with E-state index in [0.29, 0.717) is 12.1 Å². The fourth-order valence-corrected chi connectivity index (χ4v) is 4.96. The third kappa shape index (κ3) is 2.54. The Labute approximate surface area is 157 Å². The molecule has 4 aliphatic rings. The Bertz CT molecular complexity index is 763. The predicted octanol–water partition coefficient (Wildman–Crippen LogP) is 4.77. The fourth-order valence-electron chi connectivity index (χ4n) is 4.46. The summed E-state index contributed by atoms with van der Waals surface area (Å²) < 4.78 is 58.3. The second kappa shape index (κ2) is 5.72. The monoisotopic (exact) mass is 411 g/mol. The number of halogens is 6. The number of rotatable bonds is 2. The van der Waals surface area contributed by atoms with E-state index < -0.39 is 28.9 Å². The second-order valence-electron chi connectivity index (χ2n) is 7.49. The summed E-state index contributed by atoms with van der Waals surface area (Å²) in [7, 11) is 0. The molecule has 0 spiro atoms. The van der Waals surface area contributed by atoms with Crippen molar-refractivity contribution in [3.8, 4) is 0 Å². The molecule has 3 saturated carbocycles. The molecule has 1 atom stereocenters. The van der Waals surface area contributed by atoms with Crippen LogP contribution in [0, 0.1) is 16.6 Å². The maximum absolute atomic E-state index is 13.8. The van der Waals surface area contributed by atoms with Crippen molar-refractivity contribution in [3.63, 3.8) is 0 Å². The zero-order valence-electron chi connectivity index (χ0n) is 13.5. The number of amides is 1. The van der Waals surface area contributed by atoms with Gasteiger partial charge in [0.05, 0.1) is 29.0 Å². The molecule has 0 aromatic heterocycles. The van der Waals surface area contributed by atoms with Crippen LogP contribution in [0.4, 0.5) is 17.6 Å². The van der Waals surface area contributed by atoms with Gasteiger partial charge in [-0.25, -0.2) is 4.39 Å². The molecule has 1 heterocycles. The average Bonchev–Trinajstić information content (AvgIpc) is 2.47. The van der Waals surface area contributed by atoms with E-state index >= 15 is 0 Å². The number of hydrogen-bond donors (Lipinski definition) is 0. The van der Waals surface area contributed by atoms with Gasteiger partial charge in [0.15, 0.2) is 0 Å². The largest absolute Gasteiger partial charge is 0.394 e. The van der Waals surface area contributed by atoms with Gasteiger partial charge in [-0.2, -0.15) is 13.2 Å². The number of carbonyl (C=O) groups is 1. The van der Waals surface area contributed by atoms with Crippen LogP contribution in [-0.2, 0) is 9.53 Å². The van der Waals surface area contributed by atoms with Crippen LogP contribution < -0.4 is 0 Å². The summed E-state index contributed by atoms with van der Waals surface area (Å²) in [4.78, 5) is 14.3. The minimum Gasteiger partial charge on any atom is -0.370 e. The van der Waals surface area contributed by atoms with Crippen LogP contribution in [0.3, 0.4) is 0 Å². The van der Waals surface area contributed by atoms with E-state index in [0.717, 1.165) is 0 Å². The van der Waals surface area contributed by atoms with Crippen molar-refractivity contribution in [2.24, 2.45) is 10.8 Å². The van der Waals surface area contributed by atoms with E-state index in [1.54, 1.807) is 0 Å². The zero-order valence-corrected chi connectivity index (χ0v) is 15.0. The van der Waals surface area contributed by atoms with Gasteiger partial charge < -0.3 is 9.64 Å². The molecule has 0 N–H and O–H groups in total. The number of nitrogens with zero attached hydrogens (tertiary/aromatic N) is 1. The highest BCUT2D eigenvalue weighted by molar-refractivity contribution is 6.35. The summed E-state index contributed by atoms with van der Waals surface area (Å²) in [5, 5.41) is 0.103. The third-order valence-electron chi connectivity index (χ3n) is 5.83. The number of ether oxygens (including phenoxy) is 1. The molecule has 1 amide bonds. The second-order valence-corrected chi connectivity index (χ2v) is 8.30. The lowest BCUT2D eigenvalue weighted by Crippen LogP contribution is -2.73. The van der Waals surface area contributed by atoms with Gasteiger partial charge in [-0.15, -0.1) is 0 Å². The van der Waals surface area contributed by atoms with E-state index in [1.165, 1.54) is 17.0 Å². The molecule has 1 saturated heterocycles. The molecule has 9 heteroatoms. The molecule has 0 radical (unpaired) electrons. The highest BCUT2D eigenvalue weighted by Gasteiger charge is 2.81. The molecule has 3 nitrogen and oxygen atoms in total. The molecule has 3 aliphatic carbocycles. The van der Waals surface area contributed by atoms with Gasteiger partial charge in [-0.05, 0) is 31.4 Å². The van der Waals surface area contributed by atoms with Crippen molar-refractivity contribution in [3.05, 3.63) is 33.6 Å². The molecule has 1 aromatic carbocycles. The Kier molecular flexibility index (Phi) is 4.03. The number of carbonyl (C=O) groups excluding carboxylic acids is 1. The van der Waals surface area contributed by atoms with E-state index in [4.69, 9.17) is 27.9 Å². The van der Waals surface area contributed by atoms with Crippen LogP contribution in [0.2, 0.25) is 10.0 Å². The number of morpholine rings is 1. The van der Waals surface area contributed by atoms with Crippen molar-refractivity contribution < 1.29 is 27.1 Å². The Morgan fingerprint density at radius 2 is 1.85 bits per heavy atom. The van der Waals surface area contributed by atoms with E-state index in [-0.39, 0.29) is 48.4 Å². The standard InChI is InChI=1S/C17H15Cl2F4NO2/c18-10-4-11(19)12(20)3-9(10)13-5-24(1-2-26-13)14(25)15-6-16(7-15,8-15)17(21,22)23/h3-4,13H,1-2,5-8H2. The fraction of sp³-hybridized carbons (Fsp3) is 0.588. The van der Waals surface area contributed by atoms with Crippen molar-refractivity contribution in [1.29, 1.82) is 0 Å². The van der Waals surface area contributed by atoms with Crippen LogP contribution in [-0.4, -0.2) is 36.7 Å². The lowest BCUT2D eigenvalue weighted by Gasteiger charge is -2.69. The Balaban J connectivity index is 1.47. The molecule has 1 unspecified atom stereocenters. The van der Waals surface area contributed by atoms with Crippen LogP contribution in [0.25, 0.3) is 0 Å².